The molecule has 0 saturated heterocycles. The van der Waals surface area contributed by atoms with Gasteiger partial charge in [0.15, 0.2) is 8.32 Å². The molecule has 2 aromatic rings. The van der Waals surface area contributed by atoms with E-state index < -0.39 is 8.32 Å². The number of rotatable bonds is 2. The van der Waals surface area contributed by atoms with Crippen molar-refractivity contribution in [2.24, 2.45) is 0 Å². The zero-order valence-corrected chi connectivity index (χ0v) is 16.5. The Morgan fingerprint density at radius 2 is 1.73 bits per heavy atom. The van der Waals surface area contributed by atoms with E-state index in [1.54, 1.807) is 0 Å². The molecule has 1 nitrogen and oxygen atoms in total. The number of hydrogen-bond donors (Lipinski definition) is 0. The molecule has 0 N–H and O–H groups in total. The molecule has 0 unspecified atom stereocenters. The zero-order valence-electron chi connectivity index (χ0n) is 14.0. The molecule has 0 aromatic heterocycles. The second-order valence-electron chi connectivity index (χ2n) is 6.99. The highest BCUT2D eigenvalue weighted by Gasteiger charge is 2.36. The highest BCUT2D eigenvalue weighted by atomic mass is 79.9. The summed E-state index contributed by atoms with van der Waals surface area (Å²) in [5.74, 6) is 6.46. The predicted octanol–water partition coefficient (Wildman–Crippen LogP) is 5.98. The Morgan fingerprint density at radius 3 is 2.36 bits per heavy atom. The molecule has 0 fully saturated rings. The van der Waals surface area contributed by atoms with E-state index in [4.69, 9.17) is 4.43 Å². The standard InChI is InChI=1S/C19H23BrOSi/c1-19(2,3)22(4,5)21-14-8-12-16-10-6-9-15-11-7-13-17(20)18(15)16/h6-7,9-11,13H,14H2,1-5H3. The fourth-order valence-corrected chi connectivity index (χ4v) is 3.42. The van der Waals surface area contributed by atoms with Crippen molar-refractivity contribution < 1.29 is 4.43 Å². The van der Waals surface area contributed by atoms with Crippen molar-refractivity contribution in [3.63, 3.8) is 0 Å². The Labute approximate surface area is 143 Å². The van der Waals surface area contributed by atoms with Crippen LogP contribution in [-0.4, -0.2) is 14.9 Å². The quantitative estimate of drug-likeness (QED) is 0.464. The van der Waals surface area contributed by atoms with Crippen LogP contribution in [0.15, 0.2) is 40.9 Å². The van der Waals surface area contributed by atoms with E-state index in [-0.39, 0.29) is 5.04 Å². The lowest BCUT2D eigenvalue weighted by atomic mass is 10.1. The third-order valence-electron chi connectivity index (χ3n) is 4.39. The molecular formula is C19H23BrOSi. The first-order chi connectivity index (χ1) is 10.2. The van der Waals surface area contributed by atoms with Gasteiger partial charge in [0, 0.05) is 15.4 Å². The van der Waals surface area contributed by atoms with E-state index in [0.717, 1.165) is 10.0 Å². The fraction of sp³-hybridized carbons (Fsp3) is 0.368. The largest absolute Gasteiger partial charge is 0.406 e. The molecule has 22 heavy (non-hydrogen) atoms. The van der Waals surface area contributed by atoms with Gasteiger partial charge in [-0.05, 0) is 35.7 Å². The number of halogens is 1. The Kier molecular flexibility index (Phi) is 5.16. The van der Waals surface area contributed by atoms with Crippen LogP contribution < -0.4 is 0 Å². The third-order valence-corrected chi connectivity index (χ3v) is 9.53. The van der Waals surface area contributed by atoms with Crippen molar-refractivity contribution in [1.82, 2.24) is 0 Å². The molecule has 0 saturated carbocycles. The van der Waals surface area contributed by atoms with Gasteiger partial charge in [-0.3, -0.25) is 0 Å². The van der Waals surface area contributed by atoms with Gasteiger partial charge in [-0.15, -0.1) is 0 Å². The zero-order chi connectivity index (χ0) is 16.4. The van der Waals surface area contributed by atoms with Crippen LogP contribution in [0.5, 0.6) is 0 Å². The smallest absolute Gasteiger partial charge is 0.193 e. The normalized spacial score (nSPS) is 12.1. The van der Waals surface area contributed by atoms with Crippen LogP contribution in [-0.2, 0) is 4.43 Å². The summed E-state index contributed by atoms with van der Waals surface area (Å²) in [7, 11) is -1.72. The molecule has 0 heterocycles. The molecule has 0 atom stereocenters. The Balaban J connectivity index is 2.20. The number of hydrogen-bond acceptors (Lipinski definition) is 1. The van der Waals surface area contributed by atoms with Gasteiger partial charge in [-0.25, -0.2) is 0 Å². The predicted molar refractivity (Wildman–Crippen MR) is 102 cm³/mol. The van der Waals surface area contributed by atoms with Gasteiger partial charge < -0.3 is 4.43 Å². The van der Waals surface area contributed by atoms with Crippen molar-refractivity contribution in [3.05, 3.63) is 46.4 Å². The van der Waals surface area contributed by atoms with Crippen molar-refractivity contribution in [3.8, 4) is 11.8 Å². The van der Waals surface area contributed by atoms with E-state index in [1.807, 2.05) is 12.1 Å². The van der Waals surface area contributed by atoms with Gasteiger partial charge in [-0.1, -0.05) is 72.8 Å². The SMILES string of the molecule is CC(C)(C)[Si](C)(C)OCC#Cc1cccc2cccc(Br)c12. The molecular weight excluding hydrogens is 352 g/mol. The second-order valence-corrected chi connectivity index (χ2v) is 12.7. The highest BCUT2D eigenvalue weighted by Crippen LogP contribution is 2.36. The molecule has 0 aliphatic rings. The Morgan fingerprint density at radius 1 is 1.09 bits per heavy atom. The Hall–Kier alpha value is -1.08. The molecule has 3 heteroatoms. The topological polar surface area (TPSA) is 9.23 Å². The van der Waals surface area contributed by atoms with E-state index in [1.165, 1.54) is 10.8 Å². The van der Waals surface area contributed by atoms with Crippen LogP contribution in [0.3, 0.4) is 0 Å². The summed E-state index contributed by atoms with van der Waals surface area (Å²) in [5, 5.41) is 2.59. The van der Waals surface area contributed by atoms with Crippen molar-refractivity contribution in [2.75, 3.05) is 6.61 Å². The minimum Gasteiger partial charge on any atom is -0.406 e. The van der Waals surface area contributed by atoms with Crippen LogP contribution in [0.1, 0.15) is 26.3 Å². The summed E-state index contributed by atoms with van der Waals surface area (Å²) in [4.78, 5) is 0. The van der Waals surface area contributed by atoms with Crippen LogP contribution in [0, 0.1) is 11.8 Å². The van der Waals surface area contributed by atoms with Crippen LogP contribution in [0.4, 0.5) is 0 Å². The first-order valence-corrected chi connectivity index (χ1v) is 11.2. The molecule has 2 aromatic carbocycles. The van der Waals surface area contributed by atoms with Gasteiger partial charge >= 0.3 is 0 Å². The first-order valence-electron chi connectivity index (χ1n) is 7.52. The number of fused-ring (bicyclic) bond motifs is 1. The molecule has 116 valence electrons. The van der Waals surface area contributed by atoms with E-state index in [0.29, 0.717) is 6.61 Å². The lowest BCUT2D eigenvalue weighted by molar-refractivity contribution is 0.334. The van der Waals surface area contributed by atoms with Gasteiger partial charge in [0.1, 0.15) is 0 Å². The van der Waals surface area contributed by atoms with E-state index >= 15 is 0 Å². The summed E-state index contributed by atoms with van der Waals surface area (Å²) >= 11 is 3.62. The van der Waals surface area contributed by atoms with Gasteiger partial charge in [0.2, 0.25) is 0 Å². The lowest BCUT2D eigenvalue weighted by Gasteiger charge is -2.35. The lowest BCUT2D eigenvalue weighted by Crippen LogP contribution is -2.40. The maximum atomic E-state index is 6.11. The molecule has 0 radical (unpaired) electrons. The van der Waals surface area contributed by atoms with Crippen molar-refractivity contribution in [2.45, 2.75) is 38.9 Å². The summed E-state index contributed by atoms with van der Waals surface area (Å²) in [6.45, 7) is 11.7. The minimum absolute atomic E-state index is 0.219. The molecule has 0 amide bonds. The molecule has 2 rings (SSSR count). The first kappa shape index (κ1) is 17.3. The van der Waals surface area contributed by atoms with Gasteiger partial charge in [-0.2, -0.15) is 0 Å². The minimum atomic E-state index is -1.72. The van der Waals surface area contributed by atoms with Crippen LogP contribution in [0.25, 0.3) is 10.8 Å². The maximum absolute atomic E-state index is 6.11. The summed E-state index contributed by atoms with van der Waals surface area (Å²) < 4.78 is 7.20. The summed E-state index contributed by atoms with van der Waals surface area (Å²) in [5.41, 5.74) is 1.05. The average Bonchev–Trinajstić information content (AvgIpc) is 2.42. The number of benzene rings is 2. The Bertz CT molecular complexity index is 727. The van der Waals surface area contributed by atoms with Gasteiger partial charge in [0.25, 0.3) is 0 Å². The molecule has 0 spiro atoms. The maximum Gasteiger partial charge on any atom is 0.193 e. The van der Waals surface area contributed by atoms with Crippen LogP contribution in [0.2, 0.25) is 18.1 Å². The monoisotopic (exact) mass is 374 g/mol. The molecule has 0 bridgehead atoms. The summed E-state index contributed by atoms with van der Waals surface area (Å²) in [6, 6.07) is 12.4. The van der Waals surface area contributed by atoms with E-state index in [2.05, 4.69) is 85.9 Å². The van der Waals surface area contributed by atoms with Crippen molar-refractivity contribution in [1.29, 1.82) is 0 Å². The third kappa shape index (κ3) is 3.81. The second kappa shape index (κ2) is 6.58. The molecule has 0 aliphatic heterocycles. The van der Waals surface area contributed by atoms with Gasteiger partial charge in [0.05, 0.1) is 6.61 Å². The average molecular weight is 375 g/mol. The van der Waals surface area contributed by atoms with E-state index in [9.17, 15) is 0 Å². The van der Waals surface area contributed by atoms with Crippen LogP contribution >= 0.6 is 15.9 Å². The highest BCUT2D eigenvalue weighted by molar-refractivity contribution is 9.10. The summed E-state index contributed by atoms with van der Waals surface area (Å²) in [6.07, 6.45) is 0. The fourth-order valence-electron chi connectivity index (χ4n) is 1.96. The molecule has 0 aliphatic carbocycles. The van der Waals surface area contributed by atoms with Crippen molar-refractivity contribution >= 4 is 35.0 Å².